The molecule has 0 unspecified atom stereocenters. The Bertz CT molecular complexity index is 300. The molecule has 0 N–H and O–H groups in total. The van der Waals surface area contributed by atoms with E-state index in [9.17, 15) is 4.79 Å². The third kappa shape index (κ3) is 3.37. The van der Waals surface area contributed by atoms with Gasteiger partial charge in [-0.2, -0.15) is 0 Å². The maximum atomic E-state index is 11.0. The van der Waals surface area contributed by atoms with E-state index in [0.717, 1.165) is 11.1 Å². The fraction of sp³-hybridized carbons (Fsp3) is 0.300. The number of alkyl halides is 1. The summed E-state index contributed by atoms with van der Waals surface area (Å²) in [4.78, 5) is 11.0. The second-order valence-electron chi connectivity index (χ2n) is 2.99. The first kappa shape index (κ1) is 10.6. The fourth-order valence-electron chi connectivity index (χ4n) is 1.19. The number of benzene rings is 1. The van der Waals surface area contributed by atoms with Crippen molar-refractivity contribution in [2.24, 2.45) is 0 Å². The quantitative estimate of drug-likeness (QED) is 0.711. The Hall–Kier alpha value is -0.530. The normalized spacial score (nSPS) is 10.1. The summed E-state index contributed by atoms with van der Waals surface area (Å²) in [5.41, 5.74) is 1.99. The molecule has 0 aliphatic carbocycles. The van der Waals surface area contributed by atoms with E-state index in [2.05, 4.69) is 0 Å². The van der Waals surface area contributed by atoms with Crippen molar-refractivity contribution in [2.75, 3.05) is 5.88 Å². The standard InChI is InChI=1S/C10H10Cl2O/c1-7-2-8(4-9(12)3-7)5-10(13)6-11/h2-4H,5-6H2,1H3. The van der Waals surface area contributed by atoms with Gasteiger partial charge in [0.05, 0.1) is 5.88 Å². The second kappa shape index (κ2) is 4.64. The average Bonchev–Trinajstić information content (AvgIpc) is 2.02. The van der Waals surface area contributed by atoms with Crippen molar-refractivity contribution in [2.45, 2.75) is 13.3 Å². The van der Waals surface area contributed by atoms with E-state index in [4.69, 9.17) is 23.2 Å². The molecule has 0 amide bonds. The average molecular weight is 217 g/mol. The van der Waals surface area contributed by atoms with Crippen molar-refractivity contribution < 1.29 is 4.79 Å². The van der Waals surface area contributed by atoms with Crippen LogP contribution in [0.1, 0.15) is 11.1 Å². The molecule has 0 saturated heterocycles. The minimum absolute atomic E-state index is 0.0170. The molecule has 0 aliphatic rings. The topological polar surface area (TPSA) is 17.1 Å². The Labute approximate surface area is 87.7 Å². The Morgan fingerprint density at radius 1 is 1.38 bits per heavy atom. The minimum atomic E-state index is 0.0170. The van der Waals surface area contributed by atoms with Crippen LogP contribution in [0.2, 0.25) is 5.02 Å². The lowest BCUT2D eigenvalue weighted by Crippen LogP contribution is -2.03. The van der Waals surface area contributed by atoms with Crippen LogP contribution in [0.25, 0.3) is 0 Å². The van der Waals surface area contributed by atoms with E-state index in [-0.39, 0.29) is 11.7 Å². The minimum Gasteiger partial charge on any atom is -0.298 e. The lowest BCUT2D eigenvalue weighted by atomic mass is 10.1. The summed E-state index contributed by atoms with van der Waals surface area (Å²) in [6.45, 7) is 1.94. The molecular weight excluding hydrogens is 207 g/mol. The Morgan fingerprint density at radius 2 is 2.08 bits per heavy atom. The van der Waals surface area contributed by atoms with Crippen LogP contribution in [0.4, 0.5) is 0 Å². The van der Waals surface area contributed by atoms with Crippen molar-refractivity contribution in [3.63, 3.8) is 0 Å². The number of halogens is 2. The molecule has 70 valence electrons. The van der Waals surface area contributed by atoms with Crippen LogP contribution < -0.4 is 0 Å². The molecule has 0 heterocycles. The highest BCUT2D eigenvalue weighted by molar-refractivity contribution is 6.30. The first-order valence-corrected chi connectivity index (χ1v) is 4.87. The fourth-order valence-corrected chi connectivity index (χ4v) is 1.60. The molecule has 1 aromatic rings. The predicted molar refractivity (Wildman–Crippen MR) is 55.6 cm³/mol. The van der Waals surface area contributed by atoms with Crippen LogP contribution in [0.5, 0.6) is 0 Å². The monoisotopic (exact) mass is 216 g/mol. The van der Waals surface area contributed by atoms with E-state index in [1.54, 1.807) is 6.07 Å². The number of carbonyl (C=O) groups excluding carboxylic acids is 1. The third-order valence-corrected chi connectivity index (χ3v) is 2.17. The number of hydrogen-bond acceptors (Lipinski definition) is 1. The summed E-state index contributed by atoms with van der Waals surface area (Å²) in [5, 5.41) is 0.664. The van der Waals surface area contributed by atoms with Gasteiger partial charge in [0.15, 0.2) is 5.78 Å². The van der Waals surface area contributed by atoms with E-state index < -0.39 is 0 Å². The van der Waals surface area contributed by atoms with Gasteiger partial charge in [-0.3, -0.25) is 4.79 Å². The third-order valence-electron chi connectivity index (χ3n) is 1.65. The zero-order chi connectivity index (χ0) is 9.84. The molecule has 0 radical (unpaired) electrons. The smallest absolute Gasteiger partial charge is 0.151 e. The molecule has 0 saturated carbocycles. The van der Waals surface area contributed by atoms with Crippen LogP contribution in [0, 0.1) is 6.92 Å². The number of hydrogen-bond donors (Lipinski definition) is 0. The van der Waals surface area contributed by atoms with Crippen molar-refractivity contribution >= 4 is 29.0 Å². The number of aryl methyl sites for hydroxylation is 1. The molecule has 1 rings (SSSR count). The molecule has 3 heteroatoms. The van der Waals surface area contributed by atoms with Crippen molar-refractivity contribution in [3.8, 4) is 0 Å². The van der Waals surface area contributed by atoms with Gasteiger partial charge in [0.2, 0.25) is 0 Å². The van der Waals surface area contributed by atoms with Crippen LogP contribution >= 0.6 is 23.2 Å². The maximum absolute atomic E-state index is 11.0. The Kier molecular flexibility index (Phi) is 3.76. The van der Waals surface area contributed by atoms with Gasteiger partial charge in [-0.05, 0) is 30.2 Å². The summed E-state index contributed by atoms with van der Waals surface area (Å²) in [7, 11) is 0. The van der Waals surface area contributed by atoms with Gasteiger partial charge in [-0.1, -0.05) is 17.7 Å². The van der Waals surface area contributed by atoms with Crippen LogP contribution in [-0.2, 0) is 11.2 Å². The van der Waals surface area contributed by atoms with Gasteiger partial charge >= 0.3 is 0 Å². The number of carbonyl (C=O) groups is 1. The Morgan fingerprint density at radius 3 is 2.62 bits per heavy atom. The molecule has 0 aromatic heterocycles. The largest absolute Gasteiger partial charge is 0.298 e. The van der Waals surface area contributed by atoms with Crippen molar-refractivity contribution in [3.05, 3.63) is 34.3 Å². The first-order valence-electron chi connectivity index (χ1n) is 3.95. The lowest BCUT2D eigenvalue weighted by molar-refractivity contribution is -0.116. The molecule has 1 nitrogen and oxygen atoms in total. The van der Waals surface area contributed by atoms with Crippen molar-refractivity contribution in [1.82, 2.24) is 0 Å². The van der Waals surface area contributed by atoms with E-state index in [0.29, 0.717) is 11.4 Å². The van der Waals surface area contributed by atoms with Gasteiger partial charge in [0.25, 0.3) is 0 Å². The van der Waals surface area contributed by atoms with Crippen molar-refractivity contribution in [1.29, 1.82) is 0 Å². The highest BCUT2D eigenvalue weighted by Crippen LogP contribution is 2.15. The van der Waals surface area contributed by atoms with Crippen LogP contribution in [0.15, 0.2) is 18.2 Å². The number of Topliss-reactive ketones (excluding diaryl/α,β-unsaturated/α-hetero) is 1. The summed E-state index contributed by atoms with van der Waals surface area (Å²) >= 11 is 11.2. The van der Waals surface area contributed by atoms with Crippen LogP contribution in [-0.4, -0.2) is 11.7 Å². The predicted octanol–water partition coefficient (Wildman–Crippen LogP) is 3.00. The molecule has 0 aliphatic heterocycles. The lowest BCUT2D eigenvalue weighted by Gasteiger charge is -2.01. The summed E-state index contributed by atoms with van der Waals surface area (Å²) in [5.74, 6) is 0.0780. The SMILES string of the molecule is Cc1cc(Cl)cc(CC(=O)CCl)c1. The molecule has 0 fully saturated rings. The van der Waals surface area contributed by atoms with Gasteiger partial charge in [0.1, 0.15) is 0 Å². The van der Waals surface area contributed by atoms with Gasteiger partial charge < -0.3 is 0 Å². The zero-order valence-corrected chi connectivity index (χ0v) is 8.82. The highest BCUT2D eigenvalue weighted by atomic mass is 35.5. The molecule has 0 bridgehead atoms. The van der Waals surface area contributed by atoms with Gasteiger partial charge in [-0.25, -0.2) is 0 Å². The first-order chi connectivity index (χ1) is 6.11. The van der Waals surface area contributed by atoms with Gasteiger partial charge in [-0.15, -0.1) is 11.6 Å². The maximum Gasteiger partial charge on any atom is 0.151 e. The van der Waals surface area contributed by atoms with Gasteiger partial charge in [0, 0.05) is 11.4 Å². The molecule has 0 atom stereocenters. The molecule has 1 aromatic carbocycles. The number of ketones is 1. The number of rotatable bonds is 3. The molecular formula is C10H10Cl2O. The summed E-state index contributed by atoms with van der Waals surface area (Å²) in [6, 6.07) is 5.59. The second-order valence-corrected chi connectivity index (χ2v) is 3.69. The summed E-state index contributed by atoms with van der Waals surface area (Å²) in [6.07, 6.45) is 0.366. The summed E-state index contributed by atoms with van der Waals surface area (Å²) < 4.78 is 0. The van der Waals surface area contributed by atoms with E-state index in [1.165, 1.54) is 0 Å². The Balaban J connectivity index is 2.83. The molecule has 13 heavy (non-hydrogen) atoms. The van der Waals surface area contributed by atoms with E-state index in [1.807, 2.05) is 19.1 Å². The highest BCUT2D eigenvalue weighted by Gasteiger charge is 2.03. The van der Waals surface area contributed by atoms with E-state index >= 15 is 0 Å². The zero-order valence-electron chi connectivity index (χ0n) is 7.31. The van der Waals surface area contributed by atoms with Crippen LogP contribution in [0.3, 0.4) is 0 Å². The molecule has 0 spiro atoms.